The van der Waals surface area contributed by atoms with E-state index in [0.717, 1.165) is 25.2 Å². The standard InChI is InChI=1S/C33H50O5/c1-6-8-9-10-27-11-15-29(16-12-27)30-17-13-28(14-18-30)19-21-33(20-7-2,23-37-31(35)25(3)4)24-38-32(36)26(5)22-34/h13-14,17-18,27,29,34H,3,5-12,15-16,19-24H2,1-2,4H3. The number of carbonyl (C=O) groups is 2. The largest absolute Gasteiger partial charge is 0.462 e. The third kappa shape index (κ3) is 10.4. The molecule has 0 heterocycles. The molecule has 2 rings (SSSR count). The monoisotopic (exact) mass is 526 g/mol. The van der Waals surface area contributed by atoms with Crippen LogP contribution >= 0.6 is 0 Å². The molecule has 1 atom stereocenters. The van der Waals surface area contributed by atoms with Crippen LogP contribution < -0.4 is 0 Å². The van der Waals surface area contributed by atoms with Crippen LogP contribution in [0.5, 0.6) is 0 Å². The van der Waals surface area contributed by atoms with Gasteiger partial charge in [-0.25, -0.2) is 9.59 Å². The van der Waals surface area contributed by atoms with E-state index in [1.807, 2.05) is 0 Å². The Hall–Kier alpha value is -2.40. The van der Waals surface area contributed by atoms with Crippen molar-refractivity contribution >= 4 is 11.9 Å². The van der Waals surface area contributed by atoms with E-state index in [4.69, 9.17) is 9.47 Å². The maximum Gasteiger partial charge on any atom is 0.335 e. The molecule has 0 aliphatic heterocycles. The van der Waals surface area contributed by atoms with E-state index in [-0.39, 0.29) is 18.8 Å². The molecular weight excluding hydrogens is 476 g/mol. The van der Waals surface area contributed by atoms with Crippen molar-refractivity contribution in [2.75, 3.05) is 19.8 Å². The van der Waals surface area contributed by atoms with Gasteiger partial charge in [0.25, 0.3) is 0 Å². The van der Waals surface area contributed by atoms with Crippen molar-refractivity contribution in [1.29, 1.82) is 0 Å². The van der Waals surface area contributed by atoms with Crippen LogP contribution in [0.15, 0.2) is 48.6 Å². The molecule has 0 amide bonds. The molecule has 1 N–H and O–H groups in total. The van der Waals surface area contributed by atoms with Crippen molar-refractivity contribution in [3.63, 3.8) is 0 Å². The Morgan fingerprint density at radius 2 is 1.55 bits per heavy atom. The average Bonchev–Trinajstić information content (AvgIpc) is 2.93. The molecule has 1 unspecified atom stereocenters. The molecule has 1 aliphatic rings. The summed E-state index contributed by atoms with van der Waals surface area (Å²) in [6.45, 7) is 13.0. The number of unbranched alkanes of at least 4 members (excludes halogenated alkanes) is 2. The second-order valence-electron chi connectivity index (χ2n) is 11.4. The van der Waals surface area contributed by atoms with Gasteiger partial charge in [-0.2, -0.15) is 0 Å². The van der Waals surface area contributed by atoms with Crippen molar-refractivity contribution in [2.45, 2.75) is 104 Å². The summed E-state index contributed by atoms with van der Waals surface area (Å²) in [6, 6.07) is 9.01. The van der Waals surface area contributed by atoms with Gasteiger partial charge in [0.15, 0.2) is 0 Å². The third-order valence-corrected chi connectivity index (χ3v) is 8.09. The van der Waals surface area contributed by atoms with Gasteiger partial charge in [0.1, 0.15) is 13.2 Å². The van der Waals surface area contributed by atoms with Crippen LogP contribution in [0.1, 0.15) is 108 Å². The zero-order valence-corrected chi connectivity index (χ0v) is 24.1. The molecule has 0 saturated heterocycles. The van der Waals surface area contributed by atoms with Gasteiger partial charge in [-0.15, -0.1) is 0 Å². The number of esters is 2. The number of carbonyl (C=O) groups excluding carboxylic acids is 2. The van der Waals surface area contributed by atoms with E-state index < -0.39 is 24.0 Å². The Morgan fingerprint density at radius 1 is 0.921 bits per heavy atom. The summed E-state index contributed by atoms with van der Waals surface area (Å²) in [4.78, 5) is 24.4. The van der Waals surface area contributed by atoms with E-state index in [0.29, 0.717) is 17.9 Å². The van der Waals surface area contributed by atoms with Gasteiger partial charge < -0.3 is 14.6 Å². The number of hydrogen-bond donors (Lipinski definition) is 1. The Balaban J connectivity index is 2.02. The van der Waals surface area contributed by atoms with Gasteiger partial charge in [-0.1, -0.05) is 83.4 Å². The molecule has 0 bridgehead atoms. The van der Waals surface area contributed by atoms with Gasteiger partial charge in [-0.3, -0.25) is 0 Å². The number of benzene rings is 1. The summed E-state index contributed by atoms with van der Waals surface area (Å²) in [5, 5.41) is 9.22. The van der Waals surface area contributed by atoms with Crippen LogP contribution in [-0.4, -0.2) is 36.9 Å². The first-order valence-electron chi connectivity index (χ1n) is 14.6. The lowest BCUT2D eigenvalue weighted by Gasteiger charge is -2.33. The zero-order chi connectivity index (χ0) is 28.0. The third-order valence-electron chi connectivity index (χ3n) is 8.09. The van der Waals surface area contributed by atoms with E-state index in [1.54, 1.807) is 6.92 Å². The predicted molar refractivity (Wildman–Crippen MR) is 154 cm³/mol. The molecule has 0 radical (unpaired) electrons. The van der Waals surface area contributed by atoms with E-state index in [9.17, 15) is 14.7 Å². The Bertz CT molecular complexity index is 894. The zero-order valence-electron chi connectivity index (χ0n) is 24.1. The first-order valence-corrected chi connectivity index (χ1v) is 14.6. The summed E-state index contributed by atoms with van der Waals surface area (Å²) in [6.07, 6.45) is 13.8. The molecule has 1 aliphatic carbocycles. The molecule has 5 nitrogen and oxygen atoms in total. The summed E-state index contributed by atoms with van der Waals surface area (Å²) >= 11 is 0. The Morgan fingerprint density at radius 3 is 2.11 bits per heavy atom. The predicted octanol–water partition coefficient (Wildman–Crippen LogP) is 7.47. The molecule has 0 spiro atoms. The van der Waals surface area contributed by atoms with Crippen molar-refractivity contribution in [3.8, 4) is 0 Å². The molecule has 1 aromatic rings. The maximum absolute atomic E-state index is 12.2. The van der Waals surface area contributed by atoms with Crippen LogP contribution in [0.2, 0.25) is 0 Å². The number of aliphatic hydroxyl groups is 1. The normalized spacial score (nSPS) is 18.8. The summed E-state index contributed by atoms with van der Waals surface area (Å²) < 4.78 is 11.1. The van der Waals surface area contributed by atoms with Crippen LogP contribution in [0.3, 0.4) is 0 Å². The van der Waals surface area contributed by atoms with Crippen molar-refractivity contribution in [1.82, 2.24) is 0 Å². The summed E-state index contributed by atoms with van der Waals surface area (Å²) in [5.41, 5.74) is 2.49. The highest BCUT2D eigenvalue weighted by Gasteiger charge is 2.33. The number of aryl methyl sites for hydroxylation is 1. The van der Waals surface area contributed by atoms with Crippen LogP contribution in [0.4, 0.5) is 0 Å². The molecule has 0 aromatic heterocycles. The van der Waals surface area contributed by atoms with Crippen LogP contribution in [-0.2, 0) is 25.5 Å². The van der Waals surface area contributed by atoms with E-state index in [2.05, 4.69) is 51.3 Å². The molecule has 1 saturated carbocycles. The first-order chi connectivity index (χ1) is 18.2. The van der Waals surface area contributed by atoms with Gasteiger partial charge in [0.2, 0.25) is 0 Å². The van der Waals surface area contributed by atoms with Gasteiger partial charge >= 0.3 is 11.9 Å². The smallest absolute Gasteiger partial charge is 0.335 e. The molecule has 1 fully saturated rings. The fraction of sp³-hybridized carbons (Fsp3) is 0.636. The van der Waals surface area contributed by atoms with Gasteiger partial charge in [0.05, 0.1) is 12.2 Å². The second-order valence-corrected chi connectivity index (χ2v) is 11.4. The van der Waals surface area contributed by atoms with E-state index >= 15 is 0 Å². The molecular formula is C33H50O5. The SMILES string of the molecule is C=C(C)C(=O)OCC(CCC)(CCc1ccc(C2CCC(CCCCC)CC2)cc1)COC(=O)C(=C)CO. The minimum absolute atomic E-state index is 0.0138. The summed E-state index contributed by atoms with van der Waals surface area (Å²) in [5.74, 6) is 0.502. The number of rotatable bonds is 17. The van der Waals surface area contributed by atoms with Gasteiger partial charge in [0, 0.05) is 11.0 Å². The highest BCUT2D eigenvalue weighted by molar-refractivity contribution is 5.88. The number of hydrogen-bond acceptors (Lipinski definition) is 5. The van der Waals surface area contributed by atoms with E-state index in [1.165, 1.54) is 62.5 Å². The first kappa shape index (κ1) is 31.8. The molecule has 38 heavy (non-hydrogen) atoms. The van der Waals surface area contributed by atoms with Crippen LogP contribution in [0, 0.1) is 11.3 Å². The Labute approximate surface area is 230 Å². The molecule has 1 aromatic carbocycles. The molecule has 5 heteroatoms. The van der Waals surface area contributed by atoms with Gasteiger partial charge in [-0.05, 0) is 74.8 Å². The lowest BCUT2D eigenvalue weighted by Crippen LogP contribution is -2.35. The lowest BCUT2D eigenvalue weighted by molar-refractivity contribution is -0.150. The fourth-order valence-corrected chi connectivity index (χ4v) is 5.55. The average molecular weight is 527 g/mol. The quantitative estimate of drug-likeness (QED) is 0.129. The second kappa shape index (κ2) is 16.5. The minimum atomic E-state index is -0.622. The minimum Gasteiger partial charge on any atom is -0.462 e. The number of ether oxygens (including phenoxy) is 2. The van der Waals surface area contributed by atoms with Crippen molar-refractivity contribution < 1.29 is 24.2 Å². The van der Waals surface area contributed by atoms with Crippen molar-refractivity contribution in [3.05, 3.63) is 59.7 Å². The lowest BCUT2D eigenvalue weighted by atomic mass is 9.76. The molecule has 212 valence electrons. The van der Waals surface area contributed by atoms with Crippen LogP contribution in [0.25, 0.3) is 0 Å². The fourth-order valence-electron chi connectivity index (χ4n) is 5.55. The number of aliphatic hydroxyl groups excluding tert-OH is 1. The highest BCUT2D eigenvalue weighted by Crippen LogP contribution is 2.38. The highest BCUT2D eigenvalue weighted by atomic mass is 16.5. The van der Waals surface area contributed by atoms with Crippen molar-refractivity contribution in [2.24, 2.45) is 11.3 Å². The topological polar surface area (TPSA) is 72.8 Å². The maximum atomic E-state index is 12.2. The summed E-state index contributed by atoms with van der Waals surface area (Å²) in [7, 11) is 0. The Kier molecular flexibility index (Phi) is 13.8.